The van der Waals surface area contributed by atoms with Crippen LogP contribution in [0.15, 0.2) is 170 Å². The van der Waals surface area contributed by atoms with Crippen LogP contribution in [-0.4, -0.2) is 19.2 Å². The van der Waals surface area contributed by atoms with E-state index in [1.807, 2.05) is 51.9 Å². The number of nitrogens with zero attached hydrogens (tertiary/aromatic N) is 3. The van der Waals surface area contributed by atoms with Crippen LogP contribution in [0, 0.1) is 12.4 Å². The van der Waals surface area contributed by atoms with E-state index in [1.165, 1.54) is 23.8 Å². The molecule has 5 heteroatoms. The van der Waals surface area contributed by atoms with Crippen LogP contribution in [0.4, 0.5) is 0 Å². The molecular weight excluding hydrogens is 780 g/mol. The van der Waals surface area contributed by atoms with Crippen molar-refractivity contribution in [3.8, 4) is 11.4 Å². The van der Waals surface area contributed by atoms with Gasteiger partial charge >= 0.3 is 119 Å². The van der Waals surface area contributed by atoms with Crippen LogP contribution in [-0.2, 0) is 21.1 Å². The Morgan fingerprint density at radius 3 is 1.75 bits per heavy atom. The molecule has 3 nitrogen and oxygen atoms in total. The third-order valence-electron chi connectivity index (χ3n) is 7.28. The second-order valence-electron chi connectivity index (χ2n) is 10.0. The van der Waals surface area contributed by atoms with Crippen molar-refractivity contribution >= 4 is 49.5 Å². The molecule has 44 heavy (non-hydrogen) atoms. The Balaban J connectivity index is 0.000000157. The number of fused-ring (bicyclic) bond motifs is 3. The van der Waals surface area contributed by atoms with E-state index < -0.39 is 14.7 Å². The SMILES string of the molecule is [Pt].[c-]1ccccc1-n1[c-][n+](-c2cccc3c2[n-]c2ccccc23)cc1.c1ccc([As](c2ccccc2)c2ccccc2)cc1. The van der Waals surface area contributed by atoms with Crippen molar-refractivity contribution in [1.29, 1.82) is 0 Å². The molecule has 0 fully saturated rings. The van der Waals surface area contributed by atoms with Gasteiger partial charge in [0.25, 0.3) is 6.33 Å². The number of hydrogen-bond donors (Lipinski definition) is 0. The topological polar surface area (TPSA) is 22.9 Å². The number of imidazole rings is 1. The summed E-state index contributed by atoms with van der Waals surface area (Å²) in [5.74, 6) is 0. The molecule has 0 aliphatic carbocycles. The molecule has 0 N–H and O–H groups in total. The van der Waals surface area contributed by atoms with Crippen molar-refractivity contribution in [2.75, 3.05) is 0 Å². The summed E-state index contributed by atoms with van der Waals surface area (Å²) in [4.78, 5) is 4.82. The Bertz CT molecular complexity index is 1980. The first-order chi connectivity index (χ1) is 21.3. The van der Waals surface area contributed by atoms with Gasteiger partial charge in [-0.1, -0.05) is 42.5 Å². The molecule has 216 valence electrons. The zero-order valence-corrected chi connectivity index (χ0v) is 27.9. The molecule has 0 saturated heterocycles. The van der Waals surface area contributed by atoms with Crippen molar-refractivity contribution < 1.29 is 25.6 Å². The third-order valence-corrected chi connectivity index (χ3v) is 12.4. The van der Waals surface area contributed by atoms with Crippen molar-refractivity contribution in [3.05, 3.63) is 183 Å². The quantitative estimate of drug-likeness (QED) is 0.122. The normalized spacial score (nSPS) is 10.8. The molecule has 0 spiro atoms. The van der Waals surface area contributed by atoms with Gasteiger partial charge in [0.2, 0.25) is 0 Å². The van der Waals surface area contributed by atoms with Gasteiger partial charge in [-0.15, -0.1) is 11.0 Å². The fourth-order valence-corrected chi connectivity index (χ4v) is 10.1. The van der Waals surface area contributed by atoms with Crippen LogP contribution in [0.3, 0.4) is 0 Å². The van der Waals surface area contributed by atoms with Gasteiger partial charge in [-0.25, -0.2) is 0 Å². The fraction of sp³-hybridized carbons (Fsp3) is 0. The molecule has 8 aromatic rings. The third kappa shape index (κ3) is 6.27. The van der Waals surface area contributed by atoms with Crippen LogP contribution in [0.5, 0.6) is 0 Å². The van der Waals surface area contributed by atoms with Crippen LogP contribution in [0.1, 0.15) is 0 Å². The molecule has 0 aliphatic heterocycles. The second kappa shape index (κ2) is 13.9. The molecule has 0 atom stereocenters. The van der Waals surface area contributed by atoms with E-state index in [4.69, 9.17) is 4.98 Å². The standard InChI is InChI=1S/C21H13N3.C18H15As.Pt/c1-2-7-16(8-3-1)23-13-14-24(15-23)20-12-6-10-18-17-9-4-5-11-19(17)22-21(18)20;1-4-10-16(11-5-1)19(17-12-6-2-7-13-17)18-14-8-3-9-15-18;/h1-7,9-14H;1-15H;/q-2;;. The maximum absolute atomic E-state index is 4.82. The van der Waals surface area contributed by atoms with Crippen LogP contribution in [0.25, 0.3) is 33.2 Å². The Labute approximate surface area is 277 Å². The van der Waals surface area contributed by atoms with Gasteiger partial charge in [0, 0.05) is 33.5 Å². The van der Waals surface area contributed by atoms with E-state index in [2.05, 4.69) is 140 Å². The van der Waals surface area contributed by atoms with Crippen LogP contribution >= 0.6 is 0 Å². The first-order valence-corrected chi connectivity index (χ1v) is 17.1. The Kier molecular flexibility index (Phi) is 9.37. The first-order valence-electron chi connectivity index (χ1n) is 14.2. The number of benzene rings is 6. The van der Waals surface area contributed by atoms with Crippen molar-refractivity contribution in [3.63, 3.8) is 0 Å². The van der Waals surface area contributed by atoms with E-state index in [9.17, 15) is 0 Å². The number of aromatic nitrogens is 3. The number of rotatable bonds is 5. The van der Waals surface area contributed by atoms with Gasteiger partial charge in [0.15, 0.2) is 0 Å². The Morgan fingerprint density at radius 1 is 0.568 bits per heavy atom. The van der Waals surface area contributed by atoms with Gasteiger partial charge in [0.05, 0.1) is 5.69 Å². The Hall–Kier alpha value is -4.42. The molecular formula is C39H28AsN3Pt-2. The zero-order chi connectivity index (χ0) is 28.8. The van der Waals surface area contributed by atoms with Crippen molar-refractivity contribution in [1.82, 2.24) is 9.55 Å². The molecule has 0 amide bonds. The monoisotopic (exact) mass is 808 g/mol. The summed E-state index contributed by atoms with van der Waals surface area (Å²) in [5, 5.41) is 2.36. The molecule has 8 rings (SSSR count). The molecule has 2 heterocycles. The summed E-state index contributed by atoms with van der Waals surface area (Å²) < 4.78 is 8.35. The summed E-state index contributed by atoms with van der Waals surface area (Å²) in [6.45, 7) is 0. The fourth-order valence-electron chi connectivity index (χ4n) is 5.28. The summed E-state index contributed by atoms with van der Waals surface area (Å²) in [6.07, 6.45) is 7.32. The molecule has 0 radical (unpaired) electrons. The summed E-state index contributed by atoms with van der Waals surface area (Å²) in [5.41, 5.74) is 4.01. The predicted octanol–water partition coefficient (Wildman–Crippen LogP) is 5.82. The van der Waals surface area contributed by atoms with Crippen LogP contribution < -0.4 is 22.6 Å². The van der Waals surface area contributed by atoms with E-state index in [0.29, 0.717) is 0 Å². The number of hydrogen-bond acceptors (Lipinski definition) is 0. The average molecular weight is 809 g/mol. The van der Waals surface area contributed by atoms with Gasteiger partial charge in [-0.3, -0.25) is 0 Å². The van der Waals surface area contributed by atoms with E-state index in [1.54, 1.807) is 0 Å². The maximum atomic E-state index is 4.82. The van der Waals surface area contributed by atoms with Crippen molar-refractivity contribution in [2.45, 2.75) is 0 Å². The first kappa shape index (κ1) is 29.6. The summed E-state index contributed by atoms with van der Waals surface area (Å²) >= 11 is -1.39. The Morgan fingerprint density at radius 2 is 1.14 bits per heavy atom. The minimum atomic E-state index is -1.39. The van der Waals surface area contributed by atoms with E-state index in [-0.39, 0.29) is 21.1 Å². The van der Waals surface area contributed by atoms with Gasteiger partial charge < -0.3 is 14.1 Å². The summed E-state index contributed by atoms with van der Waals surface area (Å²) in [7, 11) is 0. The molecule has 0 unspecified atom stereocenters. The molecule has 0 saturated carbocycles. The van der Waals surface area contributed by atoms with E-state index in [0.717, 1.165) is 22.4 Å². The second-order valence-corrected chi connectivity index (χ2v) is 14.7. The molecule has 0 bridgehead atoms. The summed E-state index contributed by atoms with van der Waals surface area (Å²) in [6, 6.07) is 58.3. The van der Waals surface area contributed by atoms with Gasteiger partial charge in [-0.2, -0.15) is 30.3 Å². The predicted molar refractivity (Wildman–Crippen MR) is 177 cm³/mol. The molecule has 2 aromatic heterocycles. The van der Waals surface area contributed by atoms with Gasteiger partial charge in [0.1, 0.15) is 0 Å². The van der Waals surface area contributed by atoms with Gasteiger partial charge in [-0.05, 0) is 16.5 Å². The number of para-hydroxylation sites is 3. The molecule has 6 aromatic carbocycles. The average Bonchev–Trinajstić information content (AvgIpc) is 3.73. The van der Waals surface area contributed by atoms with Crippen LogP contribution in [0.2, 0.25) is 0 Å². The molecule has 0 aliphatic rings. The van der Waals surface area contributed by atoms with E-state index >= 15 is 0 Å². The zero-order valence-electron chi connectivity index (χ0n) is 23.8. The van der Waals surface area contributed by atoms with Crippen molar-refractivity contribution in [2.24, 2.45) is 0 Å². The minimum absolute atomic E-state index is 0.